The molecule has 0 aliphatic heterocycles. The van der Waals surface area contributed by atoms with Gasteiger partial charge < -0.3 is 4.90 Å². The van der Waals surface area contributed by atoms with Crippen molar-refractivity contribution in [3.8, 4) is 0 Å². The van der Waals surface area contributed by atoms with E-state index in [0.29, 0.717) is 10.8 Å². The standard InChI is InChI=1S/C10H9BrF3NO/c1-15(6-10(12,13)14)9-4-8(11)3-2-7(9)5-16/h2-5H,6H2,1H3. The SMILES string of the molecule is CN(CC(F)(F)F)c1cc(Br)ccc1C=O. The van der Waals surface area contributed by atoms with Crippen LogP contribution in [0.1, 0.15) is 10.4 Å². The van der Waals surface area contributed by atoms with E-state index in [0.717, 1.165) is 4.90 Å². The van der Waals surface area contributed by atoms with Crippen LogP contribution in [0, 0.1) is 0 Å². The summed E-state index contributed by atoms with van der Waals surface area (Å²) in [4.78, 5) is 11.7. The van der Waals surface area contributed by atoms with Crippen LogP contribution in [0.2, 0.25) is 0 Å². The molecule has 0 heterocycles. The Bertz CT molecular complexity index is 392. The number of carbonyl (C=O) groups is 1. The van der Waals surface area contributed by atoms with Crippen LogP contribution in [0.25, 0.3) is 0 Å². The number of rotatable bonds is 3. The molecule has 1 aromatic rings. The predicted octanol–water partition coefficient (Wildman–Crippen LogP) is 3.26. The highest BCUT2D eigenvalue weighted by atomic mass is 79.9. The normalized spacial score (nSPS) is 11.3. The molecule has 0 saturated heterocycles. The fourth-order valence-corrected chi connectivity index (χ4v) is 1.65. The molecule has 0 radical (unpaired) electrons. The largest absolute Gasteiger partial charge is 0.405 e. The first-order chi connectivity index (χ1) is 7.33. The van der Waals surface area contributed by atoms with Gasteiger partial charge in [-0.1, -0.05) is 15.9 Å². The minimum atomic E-state index is -4.29. The van der Waals surface area contributed by atoms with E-state index in [4.69, 9.17) is 0 Å². The lowest BCUT2D eigenvalue weighted by Crippen LogP contribution is -2.31. The topological polar surface area (TPSA) is 20.3 Å². The third-order valence-electron chi connectivity index (χ3n) is 1.95. The van der Waals surface area contributed by atoms with Gasteiger partial charge in [-0.15, -0.1) is 0 Å². The zero-order valence-electron chi connectivity index (χ0n) is 8.38. The number of alkyl halides is 3. The van der Waals surface area contributed by atoms with Gasteiger partial charge in [-0.05, 0) is 18.2 Å². The molecule has 0 spiro atoms. The van der Waals surface area contributed by atoms with Crippen molar-refractivity contribution in [3.05, 3.63) is 28.2 Å². The van der Waals surface area contributed by atoms with E-state index in [9.17, 15) is 18.0 Å². The molecule has 0 aliphatic rings. The molecular formula is C10H9BrF3NO. The Labute approximate surface area is 99.2 Å². The number of anilines is 1. The third-order valence-corrected chi connectivity index (χ3v) is 2.44. The van der Waals surface area contributed by atoms with E-state index in [-0.39, 0.29) is 11.3 Å². The highest BCUT2D eigenvalue weighted by Crippen LogP contribution is 2.26. The van der Waals surface area contributed by atoms with Gasteiger partial charge >= 0.3 is 6.18 Å². The van der Waals surface area contributed by atoms with E-state index in [1.165, 1.54) is 19.2 Å². The lowest BCUT2D eigenvalue weighted by molar-refractivity contribution is -0.119. The average molecular weight is 296 g/mol. The van der Waals surface area contributed by atoms with Crippen LogP contribution in [0.5, 0.6) is 0 Å². The second-order valence-electron chi connectivity index (χ2n) is 3.29. The predicted molar refractivity (Wildman–Crippen MR) is 58.9 cm³/mol. The Hall–Kier alpha value is -1.04. The maximum absolute atomic E-state index is 12.2. The molecule has 16 heavy (non-hydrogen) atoms. The Morgan fingerprint density at radius 1 is 1.44 bits per heavy atom. The smallest absolute Gasteiger partial charge is 0.365 e. The molecule has 0 aromatic heterocycles. The summed E-state index contributed by atoms with van der Waals surface area (Å²) in [6.45, 7) is -1.09. The molecule has 0 fully saturated rings. The van der Waals surface area contributed by atoms with Crippen molar-refractivity contribution in [1.82, 2.24) is 0 Å². The Kier molecular flexibility index (Phi) is 3.96. The van der Waals surface area contributed by atoms with Crippen molar-refractivity contribution in [2.24, 2.45) is 0 Å². The Morgan fingerprint density at radius 3 is 2.56 bits per heavy atom. The van der Waals surface area contributed by atoms with Crippen LogP contribution in [-0.2, 0) is 0 Å². The van der Waals surface area contributed by atoms with E-state index in [1.807, 2.05) is 0 Å². The van der Waals surface area contributed by atoms with Crippen LogP contribution in [0.15, 0.2) is 22.7 Å². The van der Waals surface area contributed by atoms with Crippen LogP contribution >= 0.6 is 15.9 Å². The molecule has 0 atom stereocenters. The molecule has 1 aromatic carbocycles. The van der Waals surface area contributed by atoms with E-state index >= 15 is 0 Å². The van der Waals surface area contributed by atoms with Crippen molar-refractivity contribution in [3.63, 3.8) is 0 Å². The van der Waals surface area contributed by atoms with E-state index in [2.05, 4.69) is 15.9 Å². The first kappa shape index (κ1) is 13.0. The lowest BCUT2D eigenvalue weighted by Gasteiger charge is -2.22. The summed E-state index contributed by atoms with van der Waals surface area (Å²) >= 11 is 3.15. The minimum Gasteiger partial charge on any atom is -0.365 e. The fraction of sp³-hybridized carbons (Fsp3) is 0.300. The van der Waals surface area contributed by atoms with Crippen molar-refractivity contribution < 1.29 is 18.0 Å². The lowest BCUT2D eigenvalue weighted by atomic mass is 10.2. The minimum absolute atomic E-state index is 0.231. The molecule has 0 N–H and O–H groups in total. The van der Waals surface area contributed by atoms with Crippen LogP contribution < -0.4 is 4.90 Å². The summed E-state index contributed by atoms with van der Waals surface area (Å²) in [7, 11) is 1.29. The zero-order valence-corrected chi connectivity index (χ0v) is 9.97. The summed E-state index contributed by atoms with van der Waals surface area (Å²) in [6.07, 6.45) is -3.76. The van der Waals surface area contributed by atoms with Gasteiger partial charge in [0.2, 0.25) is 0 Å². The van der Waals surface area contributed by atoms with Crippen LogP contribution in [0.4, 0.5) is 18.9 Å². The molecule has 88 valence electrons. The second-order valence-corrected chi connectivity index (χ2v) is 4.21. The second kappa shape index (κ2) is 4.86. The number of benzene rings is 1. The Balaban J connectivity index is 3.02. The fourth-order valence-electron chi connectivity index (χ4n) is 1.30. The van der Waals surface area contributed by atoms with Gasteiger partial charge in [-0.25, -0.2) is 0 Å². The molecule has 6 heteroatoms. The van der Waals surface area contributed by atoms with Gasteiger partial charge in [0.05, 0.1) is 0 Å². The number of carbonyl (C=O) groups excluding carboxylic acids is 1. The quantitative estimate of drug-likeness (QED) is 0.798. The maximum atomic E-state index is 12.2. The highest BCUT2D eigenvalue weighted by molar-refractivity contribution is 9.10. The van der Waals surface area contributed by atoms with Crippen molar-refractivity contribution in [2.75, 3.05) is 18.5 Å². The molecule has 0 saturated carbocycles. The number of nitrogens with zero attached hydrogens (tertiary/aromatic N) is 1. The molecule has 1 rings (SSSR count). The number of hydrogen-bond donors (Lipinski definition) is 0. The number of halogens is 4. The summed E-state index contributed by atoms with van der Waals surface area (Å²) in [5, 5.41) is 0. The van der Waals surface area contributed by atoms with Crippen molar-refractivity contribution in [2.45, 2.75) is 6.18 Å². The maximum Gasteiger partial charge on any atom is 0.405 e. The summed E-state index contributed by atoms with van der Waals surface area (Å²) < 4.78 is 37.2. The molecule has 0 aliphatic carbocycles. The van der Waals surface area contributed by atoms with Gasteiger partial charge in [0.1, 0.15) is 6.54 Å². The van der Waals surface area contributed by atoms with Gasteiger partial charge in [0.15, 0.2) is 6.29 Å². The molecule has 0 amide bonds. The van der Waals surface area contributed by atoms with E-state index in [1.54, 1.807) is 6.07 Å². The van der Waals surface area contributed by atoms with Crippen molar-refractivity contribution in [1.29, 1.82) is 0 Å². The summed E-state index contributed by atoms with van der Waals surface area (Å²) in [6, 6.07) is 4.56. The monoisotopic (exact) mass is 295 g/mol. The zero-order chi connectivity index (χ0) is 12.3. The third kappa shape index (κ3) is 3.52. The van der Waals surface area contributed by atoms with Gasteiger partial charge in [0.25, 0.3) is 0 Å². The first-order valence-corrected chi connectivity index (χ1v) is 5.15. The molecule has 0 bridgehead atoms. The molecule has 2 nitrogen and oxygen atoms in total. The number of hydrogen-bond acceptors (Lipinski definition) is 2. The van der Waals surface area contributed by atoms with Gasteiger partial charge in [0, 0.05) is 22.8 Å². The van der Waals surface area contributed by atoms with Gasteiger partial charge in [-0.2, -0.15) is 13.2 Å². The van der Waals surface area contributed by atoms with Crippen LogP contribution in [-0.4, -0.2) is 26.1 Å². The summed E-state index contributed by atoms with van der Waals surface area (Å²) in [5.41, 5.74) is 0.483. The number of aldehydes is 1. The van der Waals surface area contributed by atoms with Crippen LogP contribution in [0.3, 0.4) is 0 Å². The summed E-state index contributed by atoms with van der Waals surface area (Å²) in [5.74, 6) is 0. The molecular weight excluding hydrogens is 287 g/mol. The van der Waals surface area contributed by atoms with Gasteiger partial charge in [-0.3, -0.25) is 4.79 Å². The van der Waals surface area contributed by atoms with E-state index < -0.39 is 12.7 Å². The Morgan fingerprint density at radius 2 is 2.06 bits per heavy atom. The van der Waals surface area contributed by atoms with Crippen molar-refractivity contribution >= 4 is 27.9 Å². The average Bonchev–Trinajstić information content (AvgIpc) is 2.15. The highest BCUT2D eigenvalue weighted by Gasteiger charge is 2.30. The molecule has 0 unspecified atom stereocenters. The first-order valence-electron chi connectivity index (χ1n) is 4.36.